The first kappa shape index (κ1) is 23.9. The highest BCUT2D eigenvalue weighted by Crippen LogP contribution is 2.42. The molecule has 0 saturated carbocycles. The predicted molar refractivity (Wildman–Crippen MR) is 131 cm³/mol. The van der Waals surface area contributed by atoms with Gasteiger partial charge in [-0.05, 0) is 43.2 Å². The second-order valence-corrected chi connectivity index (χ2v) is 8.88. The number of anilines is 1. The van der Waals surface area contributed by atoms with E-state index in [4.69, 9.17) is 16.4 Å². The molecule has 0 amide bonds. The topological polar surface area (TPSA) is 82.1 Å². The Morgan fingerprint density at radius 2 is 1.65 bits per heavy atom. The Hall–Kier alpha value is -3.29. The zero-order valence-electron chi connectivity index (χ0n) is 19.3. The van der Waals surface area contributed by atoms with Gasteiger partial charge in [-0.15, -0.1) is 5.06 Å². The maximum atomic E-state index is 13.5. The van der Waals surface area contributed by atoms with Crippen molar-refractivity contribution in [3.8, 4) is 0 Å². The Morgan fingerprint density at radius 1 is 1.00 bits per heavy atom. The van der Waals surface area contributed by atoms with E-state index in [1.807, 2.05) is 37.3 Å². The highest BCUT2D eigenvalue weighted by atomic mass is 35.5. The summed E-state index contributed by atoms with van der Waals surface area (Å²) in [4.78, 5) is 33.2. The fraction of sp³-hybridized carbons (Fsp3) is 0.308. The SMILES string of the molecule is CC1=C(CC(=O)O)C(c2ccccc2Cl)C(C(=O)ON2CCN(c3ccccc3)CC2)=C(C)N1. The second-order valence-electron chi connectivity index (χ2n) is 8.47. The van der Waals surface area contributed by atoms with E-state index >= 15 is 0 Å². The van der Waals surface area contributed by atoms with Crippen LogP contribution in [0.25, 0.3) is 0 Å². The zero-order chi connectivity index (χ0) is 24.2. The third-order valence-electron chi connectivity index (χ3n) is 6.25. The molecule has 0 radical (unpaired) electrons. The number of carbonyl (C=O) groups is 2. The molecule has 0 bridgehead atoms. The Kier molecular flexibility index (Phi) is 7.24. The normalized spacial score (nSPS) is 19.1. The summed E-state index contributed by atoms with van der Waals surface area (Å²) in [5.41, 5.74) is 4.12. The molecule has 1 atom stereocenters. The molecule has 1 unspecified atom stereocenters. The minimum absolute atomic E-state index is 0.214. The Morgan fingerprint density at radius 3 is 2.29 bits per heavy atom. The van der Waals surface area contributed by atoms with Crippen LogP contribution in [0, 0.1) is 0 Å². The number of hydrogen-bond acceptors (Lipinski definition) is 6. The molecule has 0 aromatic heterocycles. The molecule has 2 heterocycles. The number of rotatable bonds is 6. The molecule has 178 valence electrons. The van der Waals surface area contributed by atoms with Gasteiger partial charge in [0.25, 0.3) is 0 Å². The number of dihydropyridines is 1. The Bertz CT molecular complexity index is 1140. The number of hydroxylamine groups is 2. The van der Waals surface area contributed by atoms with Crippen LogP contribution in [0.15, 0.2) is 77.1 Å². The summed E-state index contributed by atoms with van der Waals surface area (Å²) < 4.78 is 0. The first-order chi connectivity index (χ1) is 16.3. The summed E-state index contributed by atoms with van der Waals surface area (Å²) in [5, 5.41) is 14.9. The maximum Gasteiger partial charge on any atom is 0.355 e. The monoisotopic (exact) mass is 481 g/mol. The number of halogens is 1. The number of carboxylic acids is 1. The molecule has 2 aliphatic heterocycles. The van der Waals surface area contributed by atoms with Gasteiger partial charge in [0.2, 0.25) is 0 Å². The largest absolute Gasteiger partial charge is 0.481 e. The molecule has 0 spiro atoms. The van der Waals surface area contributed by atoms with Crippen LogP contribution < -0.4 is 10.2 Å². The highest BCUT2D eigenvalue weighted by molar-refractivity contribution is 6.31. The minimum Gasteiger partial charge on any atom is -0.481 e. The van der Waals surface area contributed by atoms with Crippen molar-refractivity contribution in [1.29, 1.82) is 0 Å². The number of piperazine rings is 1. The van der Waals surface area contributed by atoms with Crippen LogP contribution >= 0.6 is 11.6 Å². The summed E-state index contributed by atoms with van der Waals surface area (Å²) in [5.74, 6) is -2.08. The van der Waals surface area contributed by atoms with Gasteiger partial charge in [-0.2, -0.15) is 0 Å². The molecular weight excluding hydrogens is 454 g/mol. The van der Waals surface area contributed by atoms with Gasteiger partial charge >= 0.3 is 11.9 Å². The van der Waals surface area contributed by atoms with Crippen molar-refractivity contribution in [2.75, 3.05) is 31.1 Å². The van der Waals surface area contributed by atoms with Crippen LogP contribution in [0.1, 0.15) is 31.7 Å². The van der Waals surface area contributed by atoms with Crippen LogP contribution in [-0.4, -0.2) is 48.3 Å². The molecule has 8 heteroatoms. The van der Waals surface area contributed by atoms with E-state index in [0.717, 1.165) is 18.8 Å². The fourth-order valence-electron chi connectivity index (χ4n) is 4.60. The number of hydrogen-bond donors (Lipinski definition) is 2. The van der Waals surface area contributed by atoms with E-state index in [-0.39, 0.29) is 6.42 Å². The van der Waals surface area contributed by atoms with Crippen molar-refractivity contribution in [3.63, 3.8) is 0 Å². The average molecular weight is 482 g/mol. The maximum absolute atomic E-state index is 13.5. The molecule has 4 rings (SSSR count). The Balaban J connectivity index is 1.56. The summed E-state index contributed by atoms with van der Waals surface area (Å²) in [7, 11) is 0. The van der Waals surface area contributed by atoms with Gasteiger partial charge in [0, 0.05) is 41.1 Å². The van der Waals surface area contributed by atoms with E-state index in [0.29, 0.717) is 46.2 Å². The van der Waals surface area contributed by atoms with Crippen LogP contribution in [0.4, 0.5) is 5.69 Å². The number of nitrogens with zero attached hydrogens (tertiary/aromatic N) is 2. The molecule has 2 aromatic rings. The summed E-state index contributed by atoms with van der Waals surface area (Å²) >= 11 is 6.51. The van der Waals surface area contributed by atoms with Crippen LogP contribution in [-0.2, 0) is 14.4 Å². The van der Waals surface area contributed by atoms with Crippen molar-refractivity contribution in [2.24, 2.45) is 0 Å². The minimum atomic E-state index is -0.975. The third kappa shape index (κ3) is 5.11. The average Bonchev–Trinajstić information content (AvgIpc) is 2.82. The van der Waals surface area contributed by atoms with E-state index in [1.165, 1.54) is 0 Å². The van der Waals surface area contributed by atoms with E-state index in [1.54, 1.807) is 24.1 Å². The number of nitrogens with one attached hydrogen (secondary N) is 1. The Labute approximate surface area is 204 Å². The molecule has 1 saturated heterocycles. The highest BCUT2D eigenvalue weighted by Gasteiger charge is 2.37. The number of carbonyl (C=O) groups excluding carboxylic acids is 1. The first-order valence-electron chi connectivity index (χ1n) is 11.3. The lowest BCUT2D eigenvalue weighted by Crippen LogP contribution is -2.47. The lowest BCUT2D eigenvalue weighted by molar-refractivity contribution is -0.187. The second kappa shape index (κ2) is 10.3. The van der Waals surface area contributed by atoms with Crippen molar-refractivity contribution in [3.05, 3.63) is 87.7 Å². The summed E-state index contributed by atoms with van der Waals surface area (Å²) in [6.45, 7) is 6.20. The molecule has 2 aliphatic rings. The van der Waals surface area contributed by atoms with E-state index < -0.39 is 17.9 Å². The lowest BCUT2D eigenvalue weighted by Gasteiger charge is -2.36. The molecule has 34 heavy (non-hydrogen) atoms. The standard InChI is InChI=1S/C26H28ClN3O4/c1-17-21(16-23(31)32)25(20-10-6-7-11-22(20)27)24(18(2)28-17)26(33)34-30-14-12-29(13-15-30)19-8-4-3-5-9-19/h3-11,25,28H,12-16H2,1-2H3,(H,31,32). The van der Waals surface area contributed by atoms with Crippen molar-refractivity contribution in [2.45, 2.75) is 26.2 Å². The van der Waals surface area contributed by atoms with Gasteiger partial charge in [0.15, 0.2) is 0 Å². The summed E-state index contributed by atoms with van der Waals surface area (Å²) in [6.07, 6.45) is -0.214. The lowest BCUT2D eigenvalue weighted by atomic mass is 9.79. The predicted octanol–water partition coefficient (Wildman–Crippen LogP) is 4.33. The van der Waals surface area contributed by atoms with Gasteiger partial charge in [-0.3, -0.25) is 4.79 Å². The van der Waals surface area contributed by atoms with Crippen molar-refractivity contribution in [1.82, 2.24) is 10.4 Å². The number of allylic oxidation sites excluding steroid dienone is 2. The zero-order valence-corrected chi connectivity index (χ0v) is 20.0. The number of benzene rings is 2. The first-order valence-corrected chi connectivity index (χ1v) is 11.6. The number of carboxylic acid groups (broad SMARTS) is 1. The van der Waals surface area contributed by atoms with E-state index in [9.17, 15) is 14.7 Å². The smallest absolute Gasteiger partial charge is 0.355 e. The number of aliphatic carboxylic acids is 1. The van der Waals surface area contributed by atoms with Crippen LogP contribution in [0.3, 0.4) is 0 Å². The third-order valence-corrected chi connectivity index (χ3v) is 6.59. The molecular formula is C26H28ClN3O4. The van der Waals surface area contributed by atoms with Gasteiger partial charge in [0.1, 0.15) is 0 Å². The van der Waals surface area contributed by atoms with Crippen molar-refractivity contribution >= 4 is 29.2 Å². The van der Waals surface area contributed by atoms with Gasteiger partial charge in [0.05, 0.1) is 25.1 Å². The van der Waals surface area contributed by atoms with Crippen LogP contribution in [0.2, 0.25) is 5.02 Å². The van der Waals surface area contributed by atoms with Gasteiger partial charge in [-0.1, -0.05) is 48.0 Å². The van der Waals surface area contributed by atoms with Crippen molar-refractivity contribution < 1.29 is 19.5 Å². The molecule has 1 fully saturated rings. The molecule has 2 aromatic carbocycles. The van der Waals surface area contributed by atoms with Gasteiger partial charge < -0.3 is 20.2 Å². The summed E-state index contributed by atoms with van der Waals surface area (Å²) in [6, 6.07) is 17.3. The quantitative estimate of drug-likeness (QED) is 0.635. The fourth-order valence-corrected chi connectivity index (χ4v) is 4.84. The molecule has 7 nitrogen and oxygen atoms in total. The molecule has 2 N–H and O–H groups in total. The number of para-hydroxylation sites is 1. The molecule has 0 aliphatic carbocycles. The van der Waals surface area contributed by atoms with Gasteiger partial charge in [-0.25, -0.2) is 4.79 Å². The van der Waals surface area contributed by atoms with Crippen LogP contribution in [0.5, 0.6) is 0 Å². The van der Waals surface area contributed by atoms with E-state index in [2.05, 4.69) is 22.3 Å².